The summed E-state index contributed by atoms with van der Waals surface area (Å²) in [5.41, 5.74) is 2.31. The summed E-state index contributed by atoms with van der Waals surface area (Å²) in [7, 11) is 0. The molecule has 0 spiro atoms. The van der Waals surface area contributed by atoms with E-state index in [1.54, 1.807) is 0 Å². The van der Waals surface area contributed by atoms with Gasteiger partial charge in [-0.1, -0.05) is 0 Å². The van der Waals surface area contributed by atoms with Gasteiger partial charge in [0.25, 0.3) is 0 Å². The van der Waals surface area contributed by atoms with Crippen LogP contribution in [0.5, 0.6) is 0 Å². The van der Waals surface area contributed by atoms with Crippen LogP contribution in [0.2, 0.25) is 0 Å². The predicted molar refractivity (Wildman–Crippen MR) is 49.3 cm³/mol. The summed E-state index contributed by atoms with van der Waals surface area (Å²) in [6.07, 6.45) is 2.11. The molecule has 2 N–H and O–H groups in total. The zero-order chi connectivity index (χ0) is 9.10. The number of hydrogen-bond acceptors (Lipinski definition) is 2. The lowest BCUT2D eigenvalue weighted by molar-refractivity contribution is -0.678. The minimum Gasteiger partial charge on any atom is -0.362 e. The number of morpholine rings is 1. The van der Waals surface area contributed by atoms with Gasteiger partial charge in [-0.05, 0) is 24.6 Å². The van der Waals surface area contributed by atoms with E-state index in [4.69, 9.17) is 4.74 Å². The Balaban J connectivity index is 2.14. The van der Waals surface area contributed by atoms with E-state index < -0.39 is 0 Å². The third-order valence-corrected chi connectivity index (χ3v) is 2.31. The molecule has 1 aromatic heterocycles. The second kappa shape index (κ2) is 3.85. The monoisotopic (exact) mass is 179 g/mol. The maximum Gasteiger partial charge on any atom is 0.132 e. The molecule has 0 saturated carbocycles. The number of rotatable bonds is 1. The van der Waals surface area contributed by atoms with Crippen LogP contribution in [0.15, 0.2) is 18.3 Å². The van der Waals surface area contributed by atoms with E-state index in [-0.39, 0.29) is 6.10 Å². The van der Waals surface area contributed by atoms with Crippen molar-refractivity contribution in [1.82, 2.24) is 4.98 Å². The van der Waals surface area contributed by atoms with Crippen LogP contribution in [0, 0.1) is 6.92 Å². The van der Waals surface area contributed by atoms with Crippen LogP contribution in [0.3, 0.4) is 0 Å². The minimum absolute atomic E-state index is 0.260. The molecule has 1 aliphatic heterocycles. The molecule has 0 aromatic carbocycles. The van der Waals surface area contributed by atoms with E-state index in [0.717, 1.165) is 25.4 Å². The van der Waals surface area contributed by atoms with Gasteiger partial charge in [-0.25, -0.2) is 0 Å². The van der Waals surface area contributed by atoms with Crippen molar-refractivity contribution in [3.63, 3.8) is 0 Å². The molecular weight excluding hydrogens is 164 g/mol. The Morgan fingerprint density at radius 2 is 2.54 bits per heavy atom. The third-order valence-electron chi connectivity index (χ3n) is 2.31. The zero-order valence-corrected chi connectivity index (χ0v) is 7.86. The van der Waals surface area contributed by atoms with Crippen LogP contribution in [-0.4, -0.2) is 24.7 Å². The molecule has 2 rings (SSSR count). The first-order valence-electron chi connectivity index (χ1n) is 4.72. The van der Waals surface area contributed by atoms with Crippen LogP contribution >= 0.6 is 0 Å². The first-order valence-corrected chi connectivity index (χ1v) is 4.72. The molecule has 1 atom stereocenters. The molecule has 3 heteroatoms. The van der Waals surface area contributed by atoms with E-state index in [0.29, 0.717) is 0 Å². The van der Waals surface area contributed by atoms with Crippen molar-refractivity contribution in [3.8, 4) is 0 Å². The first-order chi connectivity index (χ1) is 6.36. The number of ether oxygens (including phenoxy) is 1. The second-order valence-electron chi connectivity index (χ2n) is 3.40. The molecule has 1 aromatic rings. The van der Waals surface area contributed by atoms with Crippen molar-refractivity contribution in [2.45, 2.75) is 13.0 Å². The summed E-state index contributed by atoms with van der Waals surface area (Å²) in [4.78, 5) is 4.17. The standard InChI is InChI=1S/C10H14N2O/c1-8-6-9(2-3-12-8)10-7-11-4-5-13-10/h2-3,6,10-11H,4-5,7H2,1H3/p+1. The Hall–Kier alpha value is -0.930. The minimum atomic E-state index is 0.260. The Morgan fingerprint density at radius 3 is 3.23 bits per heavy atom. The fourth-order valence-corrected chi connectivity index (χ4v) is 1.63. The largest absolute Gasteiger partial charge is 0.362 e. The molecule has 1 fully saturated rings. The lowest BCUT2D eigenvalue weighted by Crippen LogP contribution is -2.88. The summed E-state index contributed by atoms with van der Waals surface area (Å²) in [6, 6.07) is 4.14. The van der Waals surface area contributed by atoms with Crippen LogP contribution in [-0.2, 0) is 4.74 Å². The van der Waals surface area contributed by atoms with Gasteiger partial charge in [0.15, 0.2) is 0 Å². The summed E-state index contributed by atoms with van der Waals surface area (Å²) in [6.45, 7) is 4.98. The maximum atomic E-state index is 5.66. The number of nitrogens with two attached hydrogens (primary N) is 1. The molecule has 0 amide bonds. The van der Waals surface area contributed by atoms with E-state index in [2.05, 4.69) is 16.4 Å². The first kappa shape index (κ1) is 8.66. The highest BCUT2D eigenvalue weighted by molar-refractivity contribution is 5.18. The molecule has 13 heavy (non-hydrogen) atoms. The predicted octanol–water partition coefficient (Wildman–Crippen LogP) is 0.0247. The van der Waals surface area contributed by atoms with E-state index in [1.165, 1.54) is 5.56 Å². The van der Waals surface area contributed by atoms with E-state index in [9.17, 15) is 0 Å². The average molecular weight is 179 g/mol. The highest BCUT2D eigenvalue weighted by atomic mass is 16.5. The van der Waals surface area contributed by atoms with E-state index in [1.807, 2.05) is 19.2 Å². The molecule has 2 heterocycles. The maximum absolute atomic E-state index is 5.66. The smallest absolute Gasteiger partial charge is 0.132 e. The molecule has 0 aliphatic carbocycles. The summed E-state index contributed by atoms with van der Waals surface area (Å²) < 4.78 is 5.66. The molecule has 0 bridgehead atoms. The highest BCUT2D eigenvalue weighted by Crippen LogP contribution is 2.16. The van der Waals surface area contributed by atoms with Gasteiger partial charge in [0, 0.05) is 11.9 Å². The molecule has 0 radical (unpaired) electrons. The lowest BCUT2D eigenvalue weighted by atomic mass is 10.1. The van der Waals surface area contributed by atoms with Gasteiger partial charge < -0.3 is 10.1 Å². The van der Waals surface area contributed by atoms with Gasteiger partial charge in [0.2, 0.25) is 0 Å². The van der Waals surface area contributed by atoms with Crippen LogP contribution < -0.4 is 5.32 Å². The van der Waals surface area contributed by atoms with Gasteiger partial charge in [-0.2, -0.15) is 0 Å². The molecule has 1 aliphatic rings. The van der Waals surface area contributed by atoms with Gasteiger partial charge in [0.1, 0.15) is 12.6 Å². The fourth-order valence-electron chi connectivity index (χ4n) is 1.63. The van der Waals surface area contributed by atoms with Gasteiger partial charge in [-0.15, -0.1) is 0 Å². The number of aryl methyl sites for hydroxylation is 1. The van der Waals surface area contributed by atoms with Crippen molar-refractivity contribution in [2.24, 2.45) is 0 Å². The normalized spacial score (nSPS) is 23.0. The Bertz CT molecular complexity index is 282. The quantitative estimate of drug-likeness (QED) is 0.660. The van der Waals surface area contributed by atoms with Crippen LogP contribution in [0.1, 0.15) is 17.4 Å². The lowest BCUT2D eigenvalue weighted by Gasteiger charge is -2.21. The second-order valence-corrected chi connectivity index (χ2v) is 3.40. The average Bonchev–Trinajstić information content (AvgIpc) is 2.19. The Labute approximate surface area is 78.1 Å². The van der Waals surface area contributed by atoms with Gasteiger partial charge in [0.05, 0.1) is 13.2 Å². The number of quaternary nitrogens is 1. The van der Waals surface area contributed by atoms with Gasteiger partial charge in [-0.3, -0.25) is 4.98 Å². The van der Waals surface area contributed by atoms with Crippen molar-refractivity contribution in [2.75, 3.05) is 19.7 Å². The molecular formula is C10H15N2O+. The number of nitrogens with zero attached hydrogens (tertiary/aromatic N) is 1. The Kier molecular flexibility index (Phi) is 2.57. The van der Waals surface area contributed by atoms with Crippen molar-refractivity contribution >= 4 is 0 Å². The third kappa shape index (κ3) is 2.05. The topological polar surface area (TPSA) is 38.7 Å². The fraction of sp³-hybridized carbons (Fsp3) is 0.500. The van der Waals surface area contributed by atoms with Crippen LogP contribution in [0.25, 0.3) is 0 Å². The van der Waals surface area contributed by atoms with E-state index >= 15 is 0 Å². The molecule has 70 valence electrons. The number of pyridine rings is 1. The number of aromatic nitrogens is 1. The van der Waals surface area contributed by atoms with Crippen molar-refractivity contribution in [1.29, 1.82) is 0 Å². The Morgan fingerprint density at radius 1 is 1.62 bits per heavy atom. The summed E-state index contributed by atoms with van der Waals surface area (Å²) in [5.74, 6) is 0. The van der Waals surface area contributed by atoms with Crippen molar-refractivity contribution in [3.05, 3.63) is 29.6 Å². The molecule has 1 unspecified atom stereocenters. The summed E-state index contributed by atoms with van der Waals surface area (Å²) >= 11 is 0. The van der Waals surface area contributed by atoms with Gasteiger partial charge >= 0.3 is 0 Å². The highest BCUT2D eigenvalue weighted by Gasteiger charge is 2.18. The molecule has 1 saturated heterocycles. The van der Waals surface area contributed by atoms with Crippen LogP contribution in [0.4, 0.5) is 0 Å². The van der Waals surface area contributed by atoms with Crippen molar-refractivity contribution < 1.29 is 10.1 Å². The SMILES string of the molecule is Cc1cc(C2C[NH2+]CCO2)ccn1. The molecule has 3 nitrogen and oxygen atoms in total. The summed E-state index contributed by atoms with van der Waals surface area (Å²) in [5, 5.41) is 2.30. The number of hydrogen-bond donors (Lipinski definition) is 1. The zero-order valence-electron chi connectivity index (χ0n) is 7.86.